The molecule has 17 heavy (non-hydrogen) atoms. The van der Waals surface area contributed by atoms with Crippen molar-refractivity contribution < 1.29 is 19.8 Å². The molecule has 1 rings (SSSR count). The van der Waals surface area contributed by atoms with Crippen molar-refractivity contribution in [3.8, 4) is 0 Å². The van der Waals surface area contributed by atoms with Gasteiger partial charge in [0.2, 0.25) is 11.8 Å². The van der Waals surface area contributed by atoms with Gasteiger partial charge < -0.3 is 20.4 Å². The predicted molar refractivity (Wildman–Crippen MR) is 60.8 cm³/mol. The second-order valence-corrected chi connectivity index (χ2v) is 4.66. The number of carbonyl (C=O) groups excluding carboxylic acids is 2. The van der Waals surface area contributed by atoms with Crippen molar-refractivity contribution in [2.45, 2.75) is 39.0 Å². The minimum absolute atomic E-state index is 0.0631. The van der Waals surface area contributed by atoms with E-state index in [4.69, 9.17) is 5.11 Å². The van der Waals surface area contributed by atoms with Gasteiger partial charge in [0.1, 0.15) is 12.3 Å². The van der Waals surface area contributed by atoms with Crippen molar-refractivity contribution in [2.75, 3.05) is 13.2 Å². The van der Waals surface area contributed by atoms with E-state index in [1.807, 2.05) is 13.8 Å². The molecular formula is C11H20N2O4. The summed E-state index contributed by atoms with van der Waals surface area (Å²) in [5.41, 5.74) is 0. The van der Waals surface area contributed by atoms with E-state index in [0.29, 0.717) is 6.42 Å². The van der Waals surface area contributed by atoms with Crippen LogP contribution in [-0.2, 0) is 9.59 Å². The van der Waals surface area contributed by atoms with Gasteiger partial charge in [0, 0.05) is 13.0 Å². The highest BCUT2D eigenvalue weighted by Gasteiger charge is 2.38. The average molecular weight is 244 g/mol. The number of aliphatic hydroxyl groups excluding tert-OH is 2. The van der Waals surface area contributed by atoms with E-state index in [1.54, 1.807) is 0 Å². The first-order valence-corrected chi connectivity index (χ1v) is 5.85. The van der Waals surface area contributed by atoms with Crippen LogP contribution in [0, 0.1) is 5.92 Å². The molecule has 0 aromatic heterocycles. The van der Waals surface area contributed by atoms with Crippen molar-refractivity contribution in [3.05, 3.63) is 0 Å². The van der Waals surface area contributed by atoms with E-state index in [0.717, 1.165) is 0 Å². The lowest BCUT2D eigenvalue weighted by Gasteiger charge is -2.38. The summed E-state index contributed by atoms with van der Waals surface area (Å²) in [6.07, 6.45) is -0.532. The molecule has 6 nitrogen and oxygen atoms in total. The summed E-state index contributed by atoms with van der Waals surface area (Å²) in [5.74, 6) is -0.313. The highest BCUT2D eigenvalue weighted by molar-refractivity contribution is 5.94. The normalized spacial score (nSPS) is 22.9. The number of hydrogen-bond donors (Lipinski definition) is 3. The molecule has 0 aromatic carbocycles. The summed E-state index contributed by atoms with van der Waals surface area (Å²) in [7, 11) is 0. The molecule has 6 heteroatoms. The van der Waals surface area contributed by atoms with Crippen LogP contribution in [0.25, 0.3) is 0 Å². The van der Waals surface area contributed by atoms with Crippen LogP contribution in [0.5, 0.6) is 0 Å². The molecule has 1 aliphatic rings. The van der Waals surface area contributed by atoms with Crippen molar-refractivity contribution in [3.63, 3.8) is 0 Å². The Morgan fingerprint density at radius 3 is 2.65 bits per heavy atom. The molecule has 1 fully saturated rings. The van der Waals surface area contributed by atoms with Crippen LogP contribution in [0.1, 0.15) is 26.7 Å². The van der Waals surface area contributed by atoms with Crippen LogP contribution in [-0.4, -0.2) is 52.3 Å². The Labute approximate surface area is 101 Å². The minimum Gasteiger partial charge on any atom is -0.396 e. The van der Waals surface area contributed by atoms with Gasteiger partial charge in [-0.3, -0.25) is 9.59 Å². The summed E-state index contributed by atoms with van der Waals surface area (Å²) >= 11 is 0. The number of nitrogens with zero attached hydrogens (tertiary/aromatic N) is 1. The summed E-state index contributed by atoms with van der Waals surface area (Å²) in [4.78, 5) is 24.6. The van der Waals surface area contributed by atoms with Crippen molar-refractivity contribution in [1.29, 1.82) is 0 Å². The average Bonchev–Trinajstić information content (AvgIpc) is 2.23. The lowest BCUT2D eigenvalue weighted by atomic mass is 9.99. The van der Waals surface area contributed by atoms with Gasteiger partial charge >= 0.3 is 0 Å². The Kier molecular flexibility index (Phi) is 4.89. The first kappa shape index (κ1) is 13.9. The van der Waals surface area contributed by atoms with Gasteiger partial charge in [0.05, 0.1) is 6.54 Å². The Balaban J connectivity index is 2.83. The number of carbonyl (C=O) groups is 2. The lowest BCUT2D eigenvalue weighted by Crippen LogP contribution is -2.61. The topological polar surface area (TPSA) is 89.9 Å². The fraction of sp³-hybridized carbons (Fsp3) is 0.818. The van der Waals surface area contributed by atoms with E-state index in [9.17, 15) is 14.7 Å². The third-order valence-electron chi connectivity index (χ3n) is 2.74. The molecule has 0 spiro atoms. The standard InChI is InChI=1S/C11H20N2O4/c1-7(2)5-8-11(17)12-6-10(16)13(8)9(15)3-4-14/h7-9,14-15H,3-6H2,1-2H3,(H,12,17). The molecule has 98 valence electrons. The second-order valence-electron chi connectivity index (χ2n) is 4.66. The molecule has 3 N–H and O–H groups in total. The minimum atomic E-state index is -1.10. The number of rotatable bonds is 5. The fourth-order valence-electron chi connectivity index (χ4n) is 1.97. The molecule has 2 amide bonds. The molecular weight excluding hydrogens is 224 g/mol. The zero-order chi connectivity index (χ0) is 13.0. The zero-order valence-corrected chi connectivity index (χ0v) is 10.2. The van der Waals surface area contributed by atoms with E-state index in [2.05, 4.69) is 5.32 Å². The number of hydrogen-bond acceptors (Lipinski definition) is 4. The Morgan fingerprint density at radius 2 is 2.12 bits per heavy atom. The lowest BCUT2D eigenvalue weighted by molar-refractivity contribution is -0.159. The summed E-state index contributed by atoms with van der Waals surface area (Å²) in [5, 5.41) is 21.1. The van der Waals surface area contributed by atoms with Gasteiger partial charge in [-0.1, -0.05) is 13.8 Å². The maximum absolute atomic E-state index is 11.7. The van der Waals surface area contributed by atoms with E-state index >= 15 is 0 Å². The highest BCUT2D eigenvalue weighted by atomic mass is 16.3. The molecule has 2 unspecified atom stereocenters. The SMILES string of the molecule is CC(C)CC1C(=O)NCC(=O)N1C(O)CCO. The molecule has 1 heterocycles. The van der Waals surface area contributed by atoms with Crippen molar-refractivity contribution >= 4 is 11.8 Å². The van der Waals surface area contributed by atoms with E-state index < -0.39 is 12.3 Å². The van der Waals surface area contributed by atoms with Crippen LogP contribution in [0.15, 0.2) is 0 Å². The smallest absolute Gasteiger partial charge is 0.244 e. The monoisotopic (exact) mass is 244 g/mol. The van der Waals surface area contributed by atoms with Crippen molar-refractivity contribution in [1.82, 2.24) is 10.2 Å². The molecule has 0 radical (unpaired) electrons. The largest absolute Gasteiger partial charge is 0.396 e. The van der Waals surface area contributed by atoms with E-state index in [1.165, 1.54) is 4.90 Å². The quantitative estimate of drug-likeness (QED) is 0.582. The number of amides is 2. The molecule has 1 saturated heterocycles. The van der Waals surface area contributed by atoms with Gasteiger partial charge in [-0.05, 0) is 12.3 Å². The third kappa shape index (κ3) is 3.41. The van der Waals surface area contributed by atoms with Gasteiger partial charge in [0.25, 0.3) is 0 Å². The Morgan fingerprint density at radius 1 is 1.47 bits per heavy atom. The van der Waals surface area contributed by atoms with Gasteiger partial charge in [-0.25, -0.2) is 0 Å². The van der Waals surface area contributed by atoms with Gasteiger partial charge in [-0.15, -0.1) is 0 Å². The molecule has 2 atom stereocenters. The van der Waals surface area contributed by atoms with Crippen LogP contribution in [0.2, 0.25) is 0 Å². The summed E-state index contributed by atoms with van der Waals surface area (Å²) < 4.78 is 0. The molecule has 0 aliphatic carbocycles. The maximum atomic E-state index is 11.7. The van der Waals surface area contributed by atoms with Gasteiger partial charge in [0.15, 0.2) is 0 Å². The number of aliphatic hydroxyl groups is 2. The Hall–Kier alpha value is -1.14. The molecule has 0 bridgehead atoms. The molecule has 1 aliphatic heterocycles. The van der Waals surface area contributed by atoms with Crippen molar-refractivity contribution in [2.24, 2.45) is 5.92 Å². The highest BCUT2D eigenvalue weighted by Crippen LogP contribution is 2.18. The predicted octanol–water partition coefficient (Wildman–Crippen LogP) is -0.940. The maximum Gasteiger partial charge on any atom is 0.244 e. The van der Waals surface area contributed by atoms with Gasteiger partial charge in [-0.2, -0.15) is 0 Å². The second kappa shape index (κ2) is 5.97. The molecule has 0 saturated carbocycles. The number of nitrogens with one attached hydrogen (secondary N) is 1. The van der Waals surface area contributed by atoms with E-state index in [-0.39, 0.29) is 37.3 Å². The first-order chi connectivity index (χ1) is 7.97. The Bertz CT molecular complexity index is 293. The van der Waals surface area contributed by atoms with Crippen LogP contribution in [0.4, 0.5) is 0 Å². The first-order valence-electron chi connectivity index (χ1n) is 5.85. The summed E-state index contributed by atoms with van der Waals surface area (Å²) in [6, 6.07) is -0.641. The summed E-state index contributed by atoms with van der Waals surface area (Å²) in [6.45, 7) is 3.59. The van der Waals surface area contributed by atoms with Crippen LogP contribution >= 0.6 is 0 Å². The number of piperazine rings is 1. The van der Waals surface area contributed by atoms with Crippen LogP contribution in [0.3, 0.4) is 0 Å². The zero-order valence-electron chi connectivity index (χ0n) is 10.2. The van der Waals surface area contributed by atoms with Crippen LogP contribution < -0.4 is 5.32 Å². The fourth-order valence-corrected chi connectivity index (χ4v) is 1.97. The molecule has 0 aromatic rings. The third-order valence-corrected chi connectivity index (χ3v) is 2.74.